The standard InChI is InChI=1S/C15H16BrIN2/c1-2-18-15(10-12-5-3-4-8-19-12)13-9-11(17)6-7-14(13)16/h3-9,15,18H,2,10H2,1H3. The van der Waals surface area contributed by atoms with E-state index in [0.717, 1.165) is 23.1 Å². The van der Waals surface area contributed by atoms with Crippen molar-refractivity contribution in [3.05, 3.63) is 61.9 Å². The third kappa shape index (κ3) is 4.26. The third-order valence-electron chi connectivity index (χ3n) is 2.92. The third-order valence-corrected chi connectivity index (χ3v) is 4.32. The molecule has 1 atom stereocenters. The maximum absolute atomic E-state index is 4.42. The van der Waals surface area contributed by atoms with Crippen molar-refractivity contribution in [1.82, 2.24) is 10.3 Å². The molecule has 2 nitrogen and oxygen atoms in total. The van der Waals surface area contributed by atoms with Gasteiger partial charge in [-0.05, 0) is 65.0 Å². The predicted molar refractivity (Wildman–Crippen MR) is 91.2 cm³/mol. The first kappa shape index (κ1) is 14.9. The predicted octanol–water partition coefficient (Wildman–Crippen LogP) is 4.34. The Morgan fingerprint density at radius 1 is 1.32 bits per heavy atom. The molecule has 0 aliphatic heterocycles. The van der Waals surface area contributed by atoms with E-state index in [1.54, 1.807) is 0 Å². The Kier molecular flexibility index (Phi) is 5.78. The first-order valence-electron chi connectivity index (χ1n) is 6.29. The smallest absolute Gasteiger partial charge is 0.0422 e. The van der Waals surface area contributed by atoms with Gasteiger partial charge in [-0.3, -0.25) is 4.98 Å². The molecule has 0 saturated heterocycles. The van der Waals surface area contributed by atoms with Crippen molar-refractivity contribution in [3.8, 4) is 0 Å². The molecule has 0 amide bonds. The van der Waals surface area contributed by atoms with Crippen LogP contribution in [0.3, 0.4) is 0 Å². The highest BCUT2D eigenvalue weighted by Crippen LogP contribution is 2.27. The molecule has 0 aliphatic carbocycles. The Morgan fingerprint density at radius 3 is 2.84 bits per heavy atom. The Balaban J connectivity index is 2.27. The van der Waals surface area contributed by atoms with Crippen LogP contribution in [-0.2, 0) is 6.42 Å². The number of nitrogens with zero attached hydrogens (tertiary/aromatic N) is 1. The van der Waals surface area contributed by atoms with Gasteiger partial charge in [-0.2, -0.15) is 0 Å². The second-order valence-electron chi connectivity index (χ2n) is 4.30. The SMILES string of the molecule is CCNC(Cc1ccccn1)c1cc(I)ccc1Br. The molecule has 2 rings (SSSR count). The molecule has 0 radical (unpaired) electrons. The summed E-state index contributed by atoms with van der Waals surface area (Å²) in [6, 6.07) is 12.8. The number of pyridine rings is 1. The summed E-state index contributed by atoms with van der Waals surface area (Å²) in [7, 11) is 0. The molecule has 1 heterocycles. The summed E-state index contributed by atoms with van der Waals surface area (Å²) in [6.07, 6.45) is 2.75. The molecule has 1 unspecified atom stereocenters. The fraction of sp³-hybridized carbons (Fsp3) is 0.267. The van der Waals surface area contributed by atoms with Gasteiger partial charge in [0.15, 0.2) is 0 Å². The summed E-state index contributed by atoms with van der Waals surface area (Å²) in [5.74, 6) is 0. The number of hydrogen-bond donors (Lipinski definition) is 1. The molecule has 19 heavy (non-hydrogen) atoms. The largest absolute Gasteiger partial charge is 0.310 e. The number of likely N-dealkylation sites (N-methyl/N-ethyl adjacent to an activating group) is 1. The van der Waals surface area contributed by atoms with Crippen LogP contribution in [0.2, 0.25) is 0 Å². The number of halogens is 2. The van der Waals surface area contributed by atoms with Gasteiger partial charge in [0.2, 0.25) is 0 Å². The van der Waals surface area contributed by atoms with Gasteiger partial charge in [0, 0.05) is 32.4 Å². The zero-order chi connectivity index (χ0) is 13.7. The fourth-order valence-corrected chi connectivity index (χ4v) is 3.09. The van der Waals surface area contributed by atoms with Gasteiger partial charge in [-0.15, -0.1) is 0 Å². The highest BCUT2D eigenvalue weighted by molar-refractivity contribution is 14.1. The molecule has 1 aromatic heterocycles. The number of nitrogens with one attached hydrogen (secondary N) is 1. The van der Waals surface area contributed by atoms with Crippen molar-refractivity contribution >= 4 is 38.5 Å². The molecule has 4 heteroatoms. The van der Waals surface area contributed by atoms with Gasteiger partial charge in [-0.1, -0.05) is 28.9 Å². The average molecular weight is 431 g/mol. The lowest BCUT2D eigenvalue weighted by atomic mass is 10.0. The van der Waals surface area contributed by atoms with Crippen molar-refractivity contribution in [1.29, 1.82) is 0 Å². The number of benzene rings is 1. The van der Waals surface area contributed by atoms with Crippen molar-refractivity contribution in [3.63, 3.8) is 0 Å². The van der Waals surface area contributed by atoms with Crippen molar-refractivity contribution in [2.45, 2.75) is 19.4 Å². The van der Waals surface area contributed by atoms with Crippen LogP contribution in [0, 0.1) is 3.57 Å². The van der Waals surface area contributed by atoms with Gasteiger partial charge >= 0.3 is 0 Å². The molecule has 0 saturated carbocycles. The summed E-state index contributed by atoms with van der Waals surface area (Å²) >= 11 is 6.00. The van der Waals surface area contributed by atoms with Crippen LogP contribution >= 0.6 is 38.5 Å². The normalized spacial score (nSPS) is 12.4. The minimum absolute atomic E-state index is 0.281. The molecule has 100 valence electrons. The van der Waals surface area contributed by atoms with Gasteiger partial charge in [0.25, 0.3) is 0 Å². The first-order valence-corrected chi connectivity index (χ1v) is 8.16. The zero-order valence-electron chi connectivity index (χ0n) is 10.7. The van der Waals surface area contributed by atoms with Gasteiger partial charge in [0.05, 0.1) is 0 Å². The van der Waals surface area contributed by atoms with Crippen LogP contribution in [0.5, 0.6) is 0 Å². The lowest BCUT2D eigenvalue weighted by Crippen LogP contribution is -2.23. The van der Waals surface area contributed by atoms with Crippen LogP contribution in [0.4, 0.5) is 0 Å². The number of aromatic nitrogens is 1. The molecule has 0 bridgehead atoms. The van der Waals surface area contributed by atoms with Crippen LogP contribution in [-0.4, -0.2) is 11.5 Å². The zero-order valence-corrected chi connectivity index (χ0v) is 14.5. The van der Waals surface area contributed by atoms with E-state index in [9.17, 15) is 0 Å². The van der Waals surface area contributed by atoms with E-state index < -0.39 is 0 Å². The highest BCUT2D eigenvalue weighted by Gasteiger charge is 2.15. The quantitative estimate of drug-likeness (QED) is 0.713. The Labute approximate surface area is 136 Å². The summed E-state index contributed by atoms with van der Waals surface area (Å²) in [5.41, 5.74) is 2.40. The van der Waals surface area contributed by atoms with Crippen molar-refractivity contribution in [2.75, 3.05) is 6.54 Å². The van der Waals surface area contributed by atoms with E-state index >= 15 is 0 Å². The summed E-state index contributed by atoms with van der Waals surface area (Å²) in [6.45, 7) is 3.07. The van der Waals surface area contributed by atoms with Crippen LogP contribution < -0.4 is 5.32 Å². The van der Waals surface area contributed by atoms with E-state index in [0.29, 0.717) is 0 Å². The Bertz CT molecular complexity index is 531. The molecule has 2 aromatic rings. The maximum atomic E-state index is 4.42. The van der Waals surface area contributed by atoms with E-state index in [-0.39, 0.29) is 6.04 Å². The van der Waals surface area contributed by atoms with Gasteiger partial charge in [0.1, 0.15) is 0 Å². The summed E-state index contributed by atoms with van der Waals surface area (Å²) in [4.78, 5) is 4.42. The number of hydrogen-bond acceptors (Lipinski definition) is 2. The lowest BCUT2D eigenvalue weighted by molar-refractivity contribution is 0.542. The molecule has 1 N–H and O–H groups in total. The molecule has 0 aliphatic rings. The van der Waals surface area contributed by atoms with Gasteiger partial charge in [-0.25, -0.2) is 0 Å². The maximum Gasteiger partial charge on any atom is 0.0422 e. The summed E-state index contributed by atoms with van der Waals surface area (Å²) in [5, 5.41) is 3.54. The Hall–Kier alpha value is -0.460. The molecule has 0 spiro atoms. The monoisotopic (exact) mass is 430 g/mol. The molecular formula is C15H16BrIN2. The topological polar surface area (TPSA) is 24.9 Å². The fourth-order valence-electron chi connectivity index (χ4n) is 2.05. The van der Waals surface area contributed by atoms with Crippen LogP contribution in [0.25, 0.3) is 0 Å². The van der Waals surface area contributed by atoms with E-state index in [2.05, 4.69) is 80.0 Å². The average Bonchev–Trinajstić information content (AvgIpc) is 2.42. The van der Waals surface area contributed by atoms with Crippen molar-refractivity contribution in [2.24, 2.45) is 0 Å². The second-order valence-corrected chi connectivity index (χ2v) is 6.40. The van der Waals surface area contributed by atoms with E-state index in [1.807, 2.05) is 18.3 Å². The number of rotatable bonds is 5. The summed E-state index contributed by atoms with van der Waals surface area (Å²) < 4.78 is 2.40. The minimum Gasteiger partial charge on any atom is -0.310 e. The highest BCUT2D eigenvalue weighted by atomic mass is 127. The van der Waals surface area contributed by atoms with Crippen LogP contribution in [0.1, 0.15) is 24.2 Å². The van der Waals surface area contributed by atoms with Crippen LogP contribution in [0.15, 0.2) is 47.1 Å². The molecule has 1 aromatic carbocycles. The Morgan fingerprint density at radius 2 is 2.16 bits per heavy atom. The molecule has 0 fully saturated rings. The molecular weight excluding hydrogens is 415 g/mol. The first-order chi connectivity index (χ1) is 9.20. The second kappa shape index (κ2) is 7.36. The van der Waals surface area contributed by atoms with E-state index in [4.69, 9.17) is 0 Å². The lowest BCUT2D eigenvalue weighted by Gasteiger charge is -2.19. The van der Waals surface area contributed by atoms with Gasteiger partial charge < -0.3 is 5.32 Å². The van der Waals surface area contributed by atoms with Crippen molar-refractivity contribution < 1.29 is 0 Å². The minimum atomic E-state index is 0.281. The van der Waals surface area contributed by atoms with E-state index in [1.165, 1.54) is 9.13 Å².